The van der Waals surface area contributed by atoms with Crippen LogP contribution in [-0.2, 0) is 6.54 Å². The first-order valence-electron chi connectivity index (χ1n) is 7.30. The molecule has 1 saturated heterocycles. The van der Waals surface area contributed by atoms with E-state index in [-0.39, 0.29) is 5.91 Å². The lowest BCUT2D eigenvalue weighted by Gasteiger charge is -2.32. The van der Waals surface area contributed by atoms with Crippen LogP contribution in [0.2, 0.25) is 0 Å². The van der Waals surface area contributed by atoms with E-state index in [0.717, 1.165) is 25.1 Å². The molecular formula is C14H20N6O. The highest BCUT2D eigenvalue weighted by Gasteiger charge is 2.29. The van der Waals surface area contributed by atoms with Crippen molar-refractivity contribution < 1.29 is 4.79 Å². The van der Waals surface area contributed by atoms with Crippen LogP contribution in [0.25, 0.3) is 0 Å². The van der Waals surface area contributed by atoms with Gasteiger partial charge in [-0.3, -0.25) is 14.6 Å². The molecule has 1 fully saturated rings. The summed E-state index contributed by atoms with van der Waals surface area (Å²) in [6, 6.07) is 1.98. The smallest absolute Gasteiger partial charge is 0.274 e. The number of hydrogen-bond donors (Lipinski definition) is 2. The normalized spacial score (nSPS) is 18.9. The molecule has 0 radical (unpaired) electrons. The minimum atomic E-state index is -0.0314. The van der Waals surface area contributed by atoms with Crippen molar-refractivity contribution in [3.63, 3.8) is 0 Å². The molecule has 1 atom stereocenters. The molecule has 7 nitrogen and oxygen atoms in total. The molecule has 1 aliphatic rings. The monoisotopic (exact) mass is 288 g/mol. The molecule has 3 heterocycles. The summed E-state index contributed by atoms with van der Waals surface area (Å²) in [6.07, 6.45) is 5.34. The zero-order chi connectivity index (χ0) is 14.8. The van der Waals surface area contributed by atoms with Crippen molar-refractivity contribution in [3.05, 3.63) is 29.8 Å². The van der Waals surface area contributed by atoms with Gasteiger partial charge in [0.25, 0.3) is 5.91 Å². The molecule has 21 heavy (non-hydrogen) atoms. The number of rotatable bonds is 3. The summed E-state index contributed by atoms with van der Waals surface area (Å²) >= 11 is 0. The third-order valence-electron chi connectivity index (χ3n) is 4.04. The zero-order valence-electron chi connectivity index (χ0n) is 12.1. The number of piperidine rings is 1. The van der Waals surface area contributed by atoms with Gasteiger partial charge < -0.3 is 10.6 Å². The van der Waals surface area contributed by atoms with E-state index in [0.29, 0.717) is 30.4 Å². The second kappa shape index (κ2) is 5.59. The van der Waals surface area contributed by atoms with Gasteiger partial charge in [-0.2, -0.15) is 10.2 Å². The average Bonchev–Trinajstić information content (AvgIpc) is 3.16. The lowest BCUT2D eigenvalue weighted by atomic mass is 9.94. The summed E-state index contributed by atoms with van der Waals surface area (Å²) in [7, 11) is 0. The van der Waals surface area contributed by atoms with E-state index in [1.54, 1.807) is 17.1 Å². The Kier molecular flexibility index (Phi) is 3.64. The quantitative estimate of drug-likeness (QED) is 0.888. The number of aromatic amines is 1. The topological polar surface area (TPSA) is 92.8 Å². The van der Waals surface area contributed by atoms with Crippen LogP contribution in [0.1, 0.15) is 41.9 Å². The summed E-state index contributed by atoms with van der Waals surface area (Å²) in [5.41, 5.74) is 7.95. The van der Waals surface area contributed by atoms with Crippen molar-refractivity contribution in [3.8, 4) is 0 Å². The fourth-order valence-electron chi connectivity index (χ4n) is 2.93. The van der Waals surface area contributed by atoms with E-state index in [2.05, 4.69) is 15.3 Å². The number of nitrogens with one attached hydrogen (secondary N) is 1. The Morgan fingerprint density at radius 1 is 1.57 bits per heavy atom. The number of aromatic nitrogens is 4. The highest BCUT2D eigenvalue weighted by molar-refractivity contribution is 5.97. The standard InChI is InChI=1S/C14H20N6O/c1-2-20-13(11(15)8-17-20)14(21)19-7-3-4-10(9-19)12-5-6-16-18-12/h5-6,8,10H,2-4,7,9,15H2,1H3,(H,16,18). The minimum absolute atomic E-state index is 0.0314. The van der Waals surface area contributed by atoms with Crippen LogP contribution in [0.15, 0.2) is 18.5 Å². The third kappa shape index (κ3) is 2.51. The second-order valence-electron chi connectivity index (χ2n) is 5.37. The molecule has 7 heteroatoms. The number of amides is 1. The maximum Gasteiger partial charge on any atom is 0.274 e. The molecule has 2 aromatic heterocycles. The van der Waals surface area contributed by atoms with Gasteiger partial charge in [0, 0.05) is 37.4 Å². The fourth-order valence-corrected chi connectivity index (χ4v) is 2.93. The van der Waals surface area contributed by atoms with E-state index in [9.17, 15) is 4.79 Å². The van der Waals surface area contributed by atoms with E-state index < -0.39 is 0 Å². The SMILES string of the molecule is CCn1ncc(N)c1C(=O)N1CCCC(c2ccn[nH]2)C1. The number of likely N-dealkylation sites (tertiary alicyclic amines) is 1. The number of H-pyrrole nitrogens is 1. The van der Waals surface area contributed by atoms with E-state index in [4.69, 9.17) is 5.73 Å². The maximum atomic E-state index is 12.7. The van der Waals surface area contributed by atoms with Crippen LogP contribution in [0, 0.1) is 0 Å². The Morgan fingerprint density at radius 3 is 3.14 bits per heavy atom. The summed E-state index contributed by atoms with van der Waals surface area (Å²) in [6.45, 7) is 4.04. The number of nitrogen functional groups attached to an aromatic ring is 1. The van der Waals surface area contributed by atoms with Crippen LogP contribution in [0.3, 0.4) is 0 Å². The summed E-state index contributed by atoms with van der Waals surface area (Å²) in [5, 5.41) is 11.1. The van der Waals surface area contributed by atoms with Crippen molar-refractivity contribution in [2.45, 2.75) is 32.2 Å². The molecule has 1 amide bonds. The molecule has 0 spiro atoms. The van der Waals surface area contributed by atoms with Gasteiger partial charge in [-0.15, -0.1) is 0 Å². The maximum absolute atomic E-state index is 12.7. The van der Waals surface area contributed by atoms with Crippen LogP contribution in [0.4, 0.5) is 5.69 Å². The largest absolute Gasteiger partial charge is 0.396 e. The van der Waals surface area contributed by atoms with Crippen molar-refractivity contribution >= 4 is 11.6 Å². The van der Waals surface area contributed by atoms with Gasteiger partial charge in [0.1, 0.15) is 5.69 Å². The lowest BCUT2D eigenvalue weighted by Crippen LogP contribution is -2.40. The number of carbonyl (C=O) groups excluding carboxylic acids is 1. The first-order chi connectivity index (χ1) is 10.2. The number of aryl methyl sites for hydroxylation is 1. The number of nitrogens with two attached hydrogens (primary N) is 1. The lowest BCUT2D eigenvalue weighted by molar-refractivity contribution is 0.0694. The Hall–Kier alpha value is -2.31. The number of nitrogens with zero attached hydrogens (tertiary/aromatic N) is 4. The van der Waals surface area contributed by atoms with Crippen LogP contribution < -0.4 is 5.73 Å². The van der Waals surface area contributed by atoms with Crippen LogP contribution in [-0.4, -0.2) is 43.9 Å². The first-order valence-corrected chi connectivity index (χ1v) is 7.30. The van der Waals surface area contributed by atoms with Gasteiger partial charge in [-0.05, 0) is 25.8 Å². The molecule has 2 aromatic rings. The summed E-state index contributed by atoms with van der Waals surface area (Å²) < 4.78 is 1.66. The molecule has 112 valence electrons. The van der Waals surface area contributed by atoms with E-state index in [1.807, 2.05) is 17.9 Å². The van der Waals surface area contributed by atoms with E-state index >= 15 is 0 Å². The molecule has 0 aromatic carbocycles. The predicted octanol–water partition coefficient (Wildman–Crippen LogP) is 1.23. The molecule has 1 aliphatic heterocycles. The Labute approximate surface area is 123 Å². The summed E-state index contributed by atoms with van der Waals surface area (Å²) in [4.78, 5) is 14.6. The molecule has 0 bridgehead atoms. The van der Waals surface area contributed by atoms with Crippen LogP contribution in [0.5, 0.6) is 0 Å². The number of carbonyl (C=O) groups is 1. The van der Waals surface area contributed by atoms with Gasteiger partial charge in [0.15, 0.2) is 0 Å². The van der Waals surface area contributed by atoms with Crippen molar-refractivity contribution in [1.29, 1.82) is 0 Å². The van der Waals surface area contributed by atoms with Crippen LogP contribution >= 0.6 is 0 Å². The highest BCUT2D eigenvalue weighted by Crippen LogP contribution is 2.27. The second-order valence-corrected chi connectivity index (χ2v) is 5.37. The third-order valence-corrected chi connectivity index (χ3v) is 4.04. The Morgan fingerprint density at radius 2 is 2.43 bits per heavy atom. The summed E-state index contributed by atoms with van der Waals surface area (Å²) in [5.74, 6) is 0.278. The molecule has 3 N–H and O–H groups in total. The van der Waals surface area contributed by atoms with Gasteiger partial charge in [-0.1, -0.05) is 0 Å². The van der Waals surface area contributed by atoms with Gasteiger partial charge in [-0.25, -0.2) is 0 Å². The minimum Gasteiger partial charge on any atom is -0.396 e. The molecule has 0 aliphatic carbocycles. The van der Waals surface area contributed by atoms with Gasteiger partial charge in [0.2, 0.25) is 0 Å². The van der Waals surface area contributed by atoms with Gasteiger partial charge >= 0.3 is 0 Å². The molecule has 0 saturated carbocycles. The van der Waals surface area contributed by atoms with Crippen molar-refractivity contribution in [2.24, 2.45) is 0 Å². The molecule has 3 rings (SSSR count). The van der Waals surface area contributed by atoms with Gasteiger partial charge in [0.05, 0.1) is 11.9 Å². The average molecular weight is 288 g/mol. The predicted molar refractivity (Wildman–Crippen MR) is 78.8 cm³/mol. The number of hydrogen-bond acceptors (Lipinski definition) is 4. The van der Waals surface area contributed by atoms with Crippen molar-refractivity contribution in [2.75, 3.05) is 18.8 Å². The zero-order valence-corrected chi connectivity index (χ0v) is 12.1. The number of anilines is 1. The molecule has 1 unspecified atom stereocenters. The Bertz CT molecular complexity index is 617. The van der Waals surface area contributed by atoms with Crippen molar-refractivity contribution in [1.82, 2.24) is 24.9 Å². The molecular weight excluding hydrogens is 268 g/mol. The fraction of sp³-hybridized carbons (Fsp3) is 0.500. The first kappa shape index (κ1) is 13.7. The highest BCUT2D eigenvalue weighted by atomic mass is 16.2. The Balaban J connectivity index is 1.80. The van der Waals surface area contributed by atoms with E-state index in [1.165, 1.54) is 0 Å².